The Balaban J connectivity index is 1.59. The van der Waals surface area contributed by atoms with E-state index in [-0.39, 0.29) is 29.1 Å². The second-order valence-corrected chi connectivity index (χ2v) is 11.0. The molecule has 1 atom stereocenters. The fourth-order valence-corrected chi connectivity index (χ4v) is 6.12. The van der Waals surface area contributed by atoms with Crippen molar-refractivity contribution >= 4 is 34.2 Å². The van der Waals surface area contributed by atoms with Crippen LogP contribution in [0, 0.1) is 0 Å². The maximum Gasteiger partial charge on any atom is 0.416 e. The third kappa shape index (κ3) is 6.11. The van der Waals surface area contributed by atoms with E-state index in [0.29, 0.717) is 46.8 Å². The zero-order chi connectivity index (χ0) is 30.4. The molecule has 15 heteroatoms. The van der Waals surface area contributed by atoms with Gasteiger partial charge in [0.15, 0.2) is 5.13 Å². The second kappa shape index (κ2) is 11.0. The molecule has 1 saturated heterocycles. The first-order valence-corrected chi connectivity index (χ1v) is 13.5. The molecule has 1 amide bonds. The van der Waals surface area contributed by atoms with Gasteiger partial charge in [-0.25, -0.2) is 0 Å². The highest BCUT2D eigenvalue weighted by molar-refractivity contribution is 7.17. The van der Waals surface area contributed by atoms with Gasteiger partial charge < -0.3 is 15.7 Å². The van der Waals surface area contributed by atoms with E-state index in [4.69, 9.17) is 5.73 Å². The number of hydrogen-bond acceptors (Lipinski definition) is 8. The van der Waals surface area contributed by atoms with Gasteiger partial charge in [0.25, 0.3) is 0 Å². The first kappa shape index (κ1) is 29.5. The van der Waals surface area contributed by atoms with Crippen molar-refractivity contribution in [1.82, 2.24) is 9.88 Å². The zero-order valence-corrected chi connectivity index (χ0v) is 22.8. The van der Waals surface area contributed by atoms with Gasteiger partial charge in [-0.05, 0) is 47.0 Å². The van der Waals surface area contributed by atoms with E-state index in [9.17, 15) is 36.2 Å². The summed E-state index contributed by atoms with van der Waals surface area (Å²) >= 11 is 1.05. The minimum Gasteiger partial charge on any atom is -0.492 e. The number of fused-ring (bicyclic) bond motifs is 1. The van der Waals surface area contributed by atoms with Crippen LogP contribution >= 0.6 is 11.3 Å². The molecule has 0 saturated carbocycles. The summed E-state index contributed by atoms with van der Waals surface area (Å²) in [4.78, 5) is 19.5. The van der Waals surface area contributed by atoms with Crippen LogP contribution < -0.4 is 21.2 Å². The number of alkyl halides is 6. The molecule has 0 bridgehead atoms. The van der Waals surface area contributed by atoms with Gasteiger partial charge in [0.05, 0.1) is 34.1 Å². The van der Waals surface area contributed by atoms with E-state index in [1.54, 1.807) is 25.2 Å². The van der Waals surface area contributed by atoms with E-state index in [0.717, 1.165) is 17.4 Å². The minimum atomic E-state index is -5.06. The third-order valence-electron chi connectivity index (χ3n) is 7.20. The Labute approximate surface area is 239 Å². The van der Waals surface area contributed by atoms with Gasteiger partial charge in [-0.1, -0.05) is 23.5 Å². The summed E-state index contributed by atoms with van der Waals surface area (Å²) in [5, 5.41) is 20.1. The van der Waals surface area contributed by atoms with E-state index < -0.39 is 47.3 Å². The van der Waals surface area contributed by atoms with Crippen molar-refractivity contribution in [1.29, 1.82) is 0 Å². The van der Waals surface area contributed by atoms with Crippen molar-refractivity contribution in [3.8, 4) is 5.88 Å². The summed E-state index contributed by atoms with van der Waals surface area (Å²) < 4.78 is 81.9. The lowest BCUT2D eigenvalue weighted by Crippen LogP contribution is -2.37. The number of amides is 1. The van der Waals surface area contributed by atoms with Crippen molar-refractivity contribution < 1.29 is 36.2 Å². The first-order chi connectivity index (χ1) is 19.7. The van der Waals surface area contributed by atoms with Crippen molar-refractivity contribution in [2.45, 2.75) is 31.2 Å². The van der Waals surface area contributed by atoms with E-state index in [1.165, 1.54) is 6.21 Å². The molecule has 0 spiro atoms. The molecule has 222 valence electrons. The first-order valence-electron chi connectivity index (χ1n) is 12.7. The number of likely N-dealkylation sites (tertiary alicyclic amines) is 1. The van der Waals surface area contributed by atoms with Crippen molar-refractivity contribution in [2.24, 2.45) is 15.9 Å². The number of anilines is 1. The molecule has 0 unspecified atom stereocenters. The number of nitrogens with zero attached hydrogens (tertiary/aromatic N) is 5. The van der Waals surface area contributed by atoms with Crippen molar-refractivity contribution in [3.05, 3.63) is 74.1 Å². The number of nitrogens with two attached hydrogens (primary N) is 1. The zero-order valence-electron chi connectivity index (χ0n) is 22.0. The van der Waals surface area contributed by atoms with Gasteiger partial charge in [0.2, 0.25) is 11.8 Å². The van der Waals surface area contributed by atoms with Crippen LogP contribution in [-0.2, 0) is 23.6 Å². The predicted molar refractivity (Wildman–Crippen MR) is 144 cm³/mol. The largest absolute Gasteiger partial charge is 0.492 e. The average molecular weight is 611 g/mol. The standard InChI is InChI=1S/C27H24F6N6O2S/c1-38(18-6-7-39(12-18)13-22(34)40)25-36-24(41)23(42-25)19(14-3-5-21-16(8-14)11-35-37-21)9-15-2-4-17(26(28,29)30)10-20(15)27(31,32)33/h2-5,8,10-11,18,41H,6-7,9,12-13H2,1H3,(H2,34,40)/t18-/m1/s1. The SMILES string of the molecule is CN(c1nc(O)c(C(Cc2ccc(C(F)(F)F)cc2C(F)(F)F)=c2ccc3c(c2)C=NN=3)s1)[C@@H]1CCN(CC(N)=O)C1. The molecule has 2 aliphatic rings. The van der Waals surface area contributed by atoms with Crippen LogP contribution in [0.25, 0.3) is 5.57 Å². The van der Waals surface area contributed by atoms with Gasteiger partial charge in [0, 0.05) is 38.2 Å². The summed E-state index contributed by atoms with van der Waals surface area (Å²) in [7, 11) is 1.76. The maximum absolute atomic E-state index is 14.0. The molecule has 1 fully saturated rings. The quantitative estimate of drug-likeness (QED) is 0.400. The van der Waals surface area contributed by atoms with Gasteiger partial charge in [-0.2, -0.15) is 41.5 Å². The Morgan fingerprint density at radius 2 is 1.90 bits per heavy atom. The van der Waals surface area contributed by atoms with Crippen LogP contribution in [0.1, 0.15) is 33.6 Å². The Hall–Kier alpha value is -3.98. The van der Waals surface area contributed by atoms with E-state index >= 15 is 0 Å². The number of likely N-dealkylation sites (N-methyl/N-ethyl adjacent to an activating group) is 1. The van der Waals surface area contributed by atoms with Gasteiger partial charge >= 0.3 is 12.4 Å². The third-order valence-corrected chi connectivity index (χ3v) is 8.39. The van der Waals surface area contributed by atoms with Crippen LogP contribution in [0.2, 0.25) is 0 Å². The Bertz CT molecular complexity index is 1680. The number of hydrogen-bond donors (Lipinski definition) is 2. The molecule has 2 aliphatic heterocycles. The summed E-state index contributed by atoms with van der Waals surface area (Å²) in [6, 6.07) is 6.31. The Morgan fingerprint density at radius 3 is 2.60 bits per heavy atom. The van der Waals surface area contributed by atoms with Crippen LogP contribution in [0.15, 0.2) is 46.6 Å². The highest BCUT2D eigenvalue weighted by atomic mass is 32.1. The lowest BCUT2D eigenvalue weighted by molar-refractivity contribution is -0.143. The lowest BCUT2D eigenvalue weighted by Gasteiger charge is -2.24. The molecule has 0 radical (unpaired) electrons. The molecule has 3 heterocycles. The number of primary amides is 1. The normalized spacial score (nSPS) is 17.7. The number of thiazole rings is 1. The molecule has 8 nitrogen and oxygen atoms in total. The number of aromatic nitrogens is 1. The molecule has 3 aromatic rings. The summed E-state index contributed by atoms with van der Waals surface area (Å²) in [6.07, 6.45) is -8.32. The molecule has 2 aromatic carbocycles. The van der Waals surface area contributed by atoms with Gasteiger partial charge in [0.1, 0.15) is 0 Å². The second-order valence-electron chi connectivity index (χ2n) is 10.0. The number of halogens is 6. The molecule has 5 rings (SSSR count). The number of carbonyl (C=O) groups excluding carboxylic acids is 1. The topological polar surface area (TPSA) is 107 Å². The number of benzene rings is 2. The maximum atomic E-state index is 14.0. The average Bonchev–Trinajstić information content (AvgIpc) is 3.65. The summed E-state index contributed by atoms with van der Waals surface area (Å²) in [5.41, 5.74) is 2.89. The lowest BCUT2D eigenvalue weighted by atomic mass is 9.94. The van der Waals surface area contributed by atoms with E-state index in [1.807, 2.05) is 9.80 Å². The highest BCUT2D eigenvalue weighted by Gasteiger charge is 2.38. The smallest absolute Gasteiger partial charge is 0.416 e. The summed E-state index contributed by atoms with van der Waals surface area (Å²) in [5.74, 6) is -0.886. The molecule has 3 N–H and O–H groups in total. The predicted octanol–water partition coefficient (Wildman–Crippen LogP) is 3.29. The molecular weight excluding hydrogens is 586 g/mol. The fourth-order valence-electron chi connectivity index (χ4n) is 5.06. The van der Waals surface area contributed by atoms with Crippen LogP contribution in [0.3, 0.4) is 0 Å². The minimum absolute atomic E-state index is 0.0734. The van der Waals surface area contributed by atoms with Crippen LogP contribution in [-0.4, -0.2) is 59.8 Å². The van der Waals surface area contributed by atoms with Gasteiger partial charge in [-0.3, -0.25) is 9.69 Å². The molecule has 1 aromatic heterocycles. The van der Waals surface area contributed by atoms with Crippen LogP contribution in [0.5, 0.6) is 5.88 Å². The Kier molecular flexibility index (Phi) is 7.74. The monoisotopic (exact) mass is 610 g/mol. The van der Waals surface area contributed by atoms with Crippen LogP contribution in [0.4, 0.5) is 31.5 Å². The highest BCUT2D eigenvalue weighted by Crippen LogP contribution is 2.41. The summed E-state index contributed by atoms with van der Waals surface area (Å²) in [6.45, 7) is 1.23. The van der Waals surface area contributed by atoms with Crippen molar-refractivity contribution in [2.75, 3.05) is 31.6 Å². The van der Waals surface area contributed by atoms with Crippen molar-refractivity contribution in [3.63, 3.8) is 0 Å². The molecule has 42 heavy (non-hydrogen) atoms. The van der Waals surface area contributed by atoms with Gasteiger partial charge in [-0.15, -0.1) is 0 Å². The molecular formula is C27H24F6N6O2S. The fraction of sp³-hybridized carbons (Fsp3) is 0.333. The number of carbonyl (C=O) groups is 1. The Morgan fingerprint density at radius 1 is 1.14 bits per heavy atom. The molecule has 0 aliphatic carbocycles. The van der Waals surface area contributed by atoms with E-state index in [2.05, 4.69) is 15.2 Å². The number of rotatable bonds is 7. The number of aromatic hydroxyl groups is 1.